The number of halogens is 1. The van der Waals surface area contributed by atoms with Gasteiger partial charge in [-0.05, 0) is 13.0 Å². The molecule has 0 bridgehead atoms. The minimum atomic E-state index is -0.975. The van der Waals surface area contributed by atoms with E-state index in [0.717, 1.165) is 0 Å². The van der Waals surface area contributed by atoms with Gasteiger partial charge in [0.25, 0.3) is 0 Å². The van der Waals surface area contributed by atoms with Crippen molar-refractivity contribution in [3.8, 4) is 0 Å². The Balaban J connectivity index is 2.92. The number of nitrogens with zero attached hydrogens (tertiary/aromatic N) is 2. The van der Waals surface area contributed by atoms with Gasteiger partial charge < -0.3 is 5.11 Å². The molecular formula is C8H7ClN2O2. The van der Waals surface area contributed by atoms with E-state index in [1.807, 2.05) is 0 Å². The first-order chi connectivity index (χ1) is 6.09. The van der Waals surface area contributed by atoms with Crippen LogP contribution in [0.1, 0.15) is 12.6 Å². The number of carboxylic acids is 1. The van der Waals surface area contributed by atoms with Gasteiger partial charge in [0, 0.05) is 5.57 Å². The molecule has 0 atom stereocenters. The molecule has 1 N–H and O–H groups in total. The van der Waals surface area contributed by atoms with Crippen LogP contribution in [0.4, 0.5) is 0 Å². The van der Waals surface area contributed by atoms with E-state index in [2.05, 4.69) is 9.97 Å². The summed E-state index contributed by atoms with van der Waals surface area (Å²) < 4.78 is 0. The lowest BCUT2D eigenvalue weighted by atomic mass is 10.2. The highest BCUT2D eigenvalue weighted by molar-refractivity contribution is 6.29. The van der Waals surface area contributed by atoms with E-state index in [1.165, 1.54) is 25.4 Å². The molecule has 1 rings (SSSR count). The van der Waals surface area contributed by atoms with Crippen molar-refractivity contribution in [3.05, 3.63) is 28.8 Å². The van der Waals surface area contributed by atoms with Crippen LogP contribution in [0, 0.1) is 0 Å². The van der Waals surface area contributed by atoms with Crippen molar-refractivity contribution in [2.24, 2.45) is 0 Å². The van der Waals surface area contributed by atoms with Crippen LogP contribution in [0.25, 0.3) is 6.08 Å². The van der Waals surface area contributed by atoms with E-state index in [0.29, 0.717) is 5.69 Å². The third kappa shape index (κ3) is 2.83. The molecule has 1 aromatic rings. The second-order valence-corrected chi connectivity index (χ2v) is 2.78. The Labute approximate surface area is 79.9 Å². The number of hydrogen-bond acceptors (Lipinski definition) is 3. The lowest BCUT2D eigenvalue weighted by Gasteiger charge is -1.94. The number of carboxylic acid groups (broad SMARTS) is 1. The first kappa shape index (κ1) is 9.67. The van der Waals surface area contributed by atoms with E-state index in [1.54, 1.807) is 0 Å². The smallest absolute Gasteiger partial charge is 0.331 e. The van der Waals surface area contributed by atoms with Crippen molar-refractivity contribution < 1.29 is 9.90 Å². The zero-order valence-electron chi connectivity index (χ0n) is 6.86. The van der Waals surface area contributed by atoms with Crippen molar-refractivity contribution in [3.63, 3.8) is 0 Å². The third-order valence-electron chi connectivity index (χ3n) is 1.34. The summed E-state index contributed by atoms with van der Waals surface area (Å²) in [5, 5.41) is 8.84. The van der Waals surface area contributed by atoms with Crippen LogP contribution in [0.2, 0.25) is 5.15 Å². The molecule has 0 saturated carbocycles. The molecule has 0 amide bonds. The van der Waals surface area contributed by atoms with Gasteiger partial charge in [0.1, 0.15) is 5.15 Å². The zero-order valence-corrected chi connectivity index (χ0v) is 7.62. The molecule has 68 valence electrons. The molecular weight excluding hydrogens is 192 g/mol. The summed E-state index contributed by atoms with van der Waals surface area (Å²) in [6, 6.07) is 0. The van der Waals surface area contributed by atoms with Gasteiger partial charge in [0.05, 0.1) is 18.1 Å². The molecule has 1 aromatic heterocycles. The SMILES string of the molecule is C/C(=C\c1cnc(Cl)cn1)C(=O)O. The Bertz CT molecular complexity index is 346. The monoisotopic (exact) mass is 198 g/mol. The first-order valence-corrected chi connectivity index (χ1v) is 3.86. The molecule has 0 aliphatic carbocycles. The van der Waals surface area contributed by atoms with Gasteiger partial charge in [-0.2, -0.15) is 0 Å². The molecule has 0 aliphatic rings. The summed E-state index contributed by atoms with van der Waals surface area (Å²) in [6.07, 6.45) is 4.20. The van der Waals surface area contributed by atoms with Crippen molar-refractivity contribution in [1.82, 2.24) is 9.97 Å². The van der Waals surface area contributed by atoms with Crippen LogP contribution in [0.15, 0.2) is 18.0 Å². The Morgan fingerprint density at radius 2 is 2.23 bits per heavy atom. The van der Waals surface area contributed by atoms with Crippen molar-refractivity contribution >= 4 is 23.6 Å². The molecule has 0 unspecified atom stereocenters. The Hall–Kier alpha value is -1.42. The maximum absolute atomic E-state index is 10.4. The molecule has 0 radical (unpaired) electrons. The van der Waals surface area contributed by atoms with E-state index in [9.17, 15) is 4.79 Å². The summed E-state index contributed by atoms with van der Waals surface area (Å²) >= 11 is 5.50. The standard InChI is InChI=1S/C8H7ClN2O2/c1-5(8(12)13)2-6-3-11-7(9)4-10-6/h2-4H,1H3,(H,12,13)/b5-2+. The Morgan fingerprint density at radius 1 is 1.54 bits per heavy atom. The van der Waals surface area contributed by atoms with Crippen LogP contribution in [0.5, 0.6) is 0 Å². The average molecular weight is 199 g/mol. The maximum atomic E-state index is 10.4. The highest BCUT2D eigenvalue weighted by Gasteiger charge is 2.00. The molecule has 0 saturated heterocycles. The van der Waals surface area contributed by atoms with Gasteiger partial charge in [-0.25, -0.2) is 9.78 Å². The van der Waals surface area contributed by atoms with Crippen molar-refractivity contribution in [1.29, 1.82) is 0 Å². The lowest BCUT2D eigenvalue weighted by Crippen LogP contribution is -1.96. The zero-order chi connectivity index (χ0) is 9.84. The normalized spacial score (nSPS) is 11.4. The summed E-state index contributed by atoms with van der Waals surface area (Å²) in [5.41, 5.74) is 0.681. The number of hydrogen-bond donors (Lipinski definition) is 1. The average Bonchev–Trinajstić information content (AvgIpc) is 2.08. The third-order valence-corrected chi connectivity index (χ3v) is 1.54. The van der Waals surface area contributed by atoms with E-state index in [4.69, 9.17) is 16.7 Å². The maximum Gasteiger partial charge on any atom is 0.331 e. The topological polar surface area (TPSA) is 63.1 Å². The van der Waals surface area contributed by atoms with E-state index in [-0.39, 0.29) is 10.7 Å². The summed E-state index contributed by atoms with van der Waals surface area (Å²) in [6.45, 7) is 1.48. The van der Waals surface area contributed by atoms with Crippen LogP contribution in [0.3, 0.4) is 0 Å². The highest BCUT2D eigenvalue weighted by atomic mass is 35.5. The molecule has 4 nitrogen and oxygen atoms in total. The minimum Gasteiger partial charge on any atom is -0.478 e. The van der Waals surface area contributed by atoms with Gasteiger partial charge in [-0.1, -0.05) is 11.6 Å². The van der Waals surface area contributed by atoms with Gasteiger partial charge in [0.2, 0.25) is 0 Å². The molecule has 5 heteroatoms. The van der Waals surface area contributed by atoms with Crippen molar-refractivity contribution in [2.75, 3.05) is 0 Å². The fourth-order valence-electron chi connectivity index (χ4n) is 0.680. The molecule has 0 fully saturated rings. The summed E-state index contributed by atoms with van der Waals surface area (Å²) in [4.78, 5) is 18.1. The predicted molar refractivity (Wildman–Crippen MR) is 48.3 cm³/mol. The number of aliphatic carboxylic acids is 1. The largest absolute Gasteiger partial charge is 0.478 e. The number of rotatable bonds is 2. The predicted octanol–water partition coefficient (Wildman–Crippen LogP) is 1.62. The molecule has 0 spiro atoms. The van der Waals surface area contributed by atoms with Crippen LogP contribution < -0.4 is 0 Å². The van der Waals surface area contributed by atoms with E-state index >= 15 is 0 Å². The first-order valence-electron chi connectivity index (χ1n) is 3.49. The fraction of sp³-hybridized carbons (Fsp3) is 0.125. The molecule has 0 aliphatic heterocycles. The lowest BCUT2D eigenvalue weighted by molar-refractivity contribution is -0.132. The Kier molecular flexibility index (Phi) is 2.97. The number of carbonyl (C=O) groups is 1. The molecule has 1 heterocycles. The van der Waals surface area contributed by atoms with E-state index < -0.39 is 5.97 Å². The molecule has 0 aromatic carbocycles. The van der Waals surface area contributed by atoms with Crippen molar-refractivity contribution in [2.45, 2.75) is 6.92 Å². The van der Waals surface area contributed by atoms with Gasteiger partial charge in [-0.3, -0.25) is 4.98 Å². The minimum absolute atomic E-state index is 0.205. The fourth-order valence-corrected chi connectivity index (χ4v) is 0.778. The quantitative estimate of drug-likeness (QED) is 0.734. The van der Waals surface area contributed by atoms with Gasteiger partial charge in [-0.15, -0.1) is 0 Å². The van der Waals surface area contributed by atoms with Crippen LogP contribution in [-0.4, -0.2) is 21.0 Å². The molecule has 13 heavy (non-hydrogen) atoms. The number of aromatic nitrogens is 2. The van der Waals surface area contributed by atoms with Crippen LogP contribution >= 0.6 is 11.6 Å². The summed E-state index contributed by atoms with van der Waals surface area (Å²) in [7, 11) is 0. The van der Waals surface area contributed by atoms with Crippen LogP contribution in [-0.2, 0) is 4.79 Å². The Morgan fingerprint density at radius 3 is 2.69 bits per heavy atom. The van der Waals surface area contributed by atoms with Gasteiger partial charge in [0.15, 0.2) is 0 Å². The second kappa shape index (κ2) is 4.00. The second-order valence-electron chi connectivity index (χ2n) is 2.40. The summed E-state index contributed by atoms with van der Waals surface area (Å²) in [5.74, 6) is -0.975. The highest BCUT2D eigenvalue weighted by Crippen LogP contribution is 2.05. The van der Waals surface area contributed by atoms with Gasteiger partial charge >= 0.3 is 5.97 Å².